The Labute approximate surface area is 69.1 Å². The standard InChI is InChI=1S/C6H10N4O2/c7-6-10-9-5(12-6)4-3-11-2-1-8-4/h4,8H,1-3H2,(H2,7,10). The maximum Gasteiger partial charge on any atom is 0.312 e. The molecule has 1 unspecified atom stereocenters. The molecule has 6 nitrogen and oxygen atoms in total. The summed E-state index contributed by atoms with van der Waals surface area (Å²) in [5, 5.41) is 10.5. The van der Waals surface area contributed by atoms with Crippen LogP contribution in [0.1, 0.15) is 11.9 Å². The molecule has 6 heteroatoms. The van der Waals surface area contributed by atoms with E-state index in [-0.39, 0.29) is 12.1 Å². The summed E-state index contributed by atoms with van der Waals surface area (Å²) >= 11 is 0. The molecule has 1 saturated heterocycles. The van der Waals surface area contributed by atoms with Gasteiger partial charge in [0.1, 0.15) is 6.04 Å². The molecule has 0 aliphatic carbocycles. The molecule has 0 amide bonds. The number of aromatic nitrogens is 2. The van der Waals surface area contributed by atoms with Crippen LogP contribution in [0.25, 0.3) is 0 Å². The molecule has 1 atom stereocenters. The molecule has 0 spiro atoms. The van der Waals surface area contributed by atoms with Crippen molar-refractivity contribution in [3.63, 3.8) is 0 Å². The normalized spacial score (nSPS) is 24.2. The molecule has 1 fully saturated rings. The minimum atomic E-state index is -0.0106. The van der Waals surface area contributed by atoms with Crippen molar-refractivity contribution in [2.75, 3.05) is 25.5 Å². The number of nitrogen functional groups attached to an aromatic ring is 1. The van der Waals surface area contributed by atoms with Crippen LogP contribution in [0, 0.1) is 0 Å². The van der Waals surface area contributed by atoms with Gasteiger partial charge in [-0.2, -0.15) is 0 Å². The van der Waals surface area contributed by atoms with Gasteiger partial charge in [-0.1, -0.05) is 5.10 Å². The fraction of sp³-hybridized carbons (Fsp3) is 0.667. The highest BCUT2D eigenvalue weighted by molar-refractivity contribution is 5.06. The third-order valence-electron chi connectivity index (χ3n) is 1.68. The van der Waals surface area contributed by atoms with Gasteiger partial charge in [-0.25, -0.2) is 0 Å². The zero-order valence-corrected chi connectivity index (χ0v) is 6.49. The molecule has 2 rings (SSSR count). The first-order valence-electron chi connectivity index (χ1n) is 3.76. The highest BCUT2D eigenvalue weighted by atomic mass is 16.5. The summed E-state index contributed by atoms with van der Waals surface area (Å²) in [4.78, 5) is 0. The first kappa shape index (κ1) is 7.51. The Bertz CT molecular complexity index is 256. The van der Waals surface area contributed by atoms with E-state index in [1.54, 1.807) is 0 Å². The van der Waals surface area contributed by atoms with Crippen LogP contribution in [0.3, 0.4) is 0 Å². The molecule has 0 aromatic carbocycles. The van der Waals surface area contributed by atoms with E-state index in [0.717, 1.165) is 13.2 Å². The number of nitrogens with zero attached hydrogens (tertiary/aromatic N) is 2. The number of rotatable bonds is 1. The van der Waals surface area contributed by atoms with E-state index in [4.69, 9.17) is 14.9 Å². The maximum absolute atomic E-state index is 5.28. The molecule has 1 aromatic heterocycles. The van der Waals surface area contributed by atoms with Gasteiger partial charge in [-0.15, -0.1) is 5.10 Å². The van der Waals surface area contributed by atoms with Crippen molar-refractivity contribution in [2.45, 2.75) is 6.04 Å². The number of hydrogen-bond donors (Lipinski definition) is 2. The number of nitrogens with one attached hydrogen (secondary N) is 1. The van der Waals surface area contributed by atoms with E-state index in [0.29, 0.717) is 12.5 Å². The smallest absolute Gasteiger partial charge is 0.312 e. The van der Waals surface area contributed by atoms with Crippen molar-refractivity contribution in [2.24, 2.45) is 0 Å². The van der Waals surface area contributed by atoms with E-state index < -0.39 is 0 Å². The molecule has 2 heterocycles. The second-order valence-electron chi connectivity index (χ2n) is 2.56. The summed E-state index contributed by atoms with van der Waals surface area (Å²) in [6, 6.07) is 0.0842. The van der Waals surface area contributed by atoms with Gasteiger partial charge in [0.05, 0.1) is 13.2 Å². The fourth-order valence-corrected chi connectivity index (χ4v) is 1.11. The van der Waals surface area contributed by atoms with Crippen molar-refractivity contribution in [3.05, 3.63) is 5.89 Å². The molecule has 1 aliphatic rings. The molecule has 1 aliphatic heterocycles. The summed E-state index contributed by atoms with van der Waals surface area (Å²) in [5.74, 6) is 0.493. The molecule has 0 radical (unpaired) electrons. The molecule has 0 saturated carbocycles. The van der Waals surface area contributed by atoms with Crippen LogP contribution in [0.5, 0.6) is 0 Å². The predicted molar refractivity (Wildman–Crippen MR) is 40.3 cm³/mol. The molecule has 0 bridgehead atoms. The van der Waals surface area contributed by atoms with Crippen LogP contribution in [0.15, 0.2) is 4.42 Å². The molecular formula is C6H10N4O2. The molecule has 1 aromatic rings. The lowest BCUT2D eigenvalue weighted by Crippen LogP contribution is -2.34. The van der Waals surface area contributed by atoms with Gasteiger partial charge in [-0.05, 0) is 0 Å². The van der Waals surface area contributed by atoms with Crippen LogP contribution in [-0.4, -0.2) is 30.0 Å². The van der Waals surface area contributed by atoms with Gasteiger partial charge in [0.2, 0.25) is 5.89 Å². The quantitative estimate of drug-likeness (QED) is 0.580. The molecule has 12 heavy (non-hydrogen) atoms. The van der Waals surface area contributed by atoms with Crippen LogP contribution < -0.4 is 11.1 Å². The summed E-state index contributed by atoms with van der Waals surface area (Å²) < 4.78 is 10.3. The number of morpholine rings is 1. The fourth-order valence-electron chi connectivity index (χ4n) is 1.11. The predicted octanol–water partition coefficient (Wildman–Crippen LogP) is -0.687. The topological polar surface area (TPSA) is 86.2 Å². The lowest BCUT2D eigenvalue weighted by Gasteiger charge is -2.20. The van der Waals surface area contributed by atoms with Crippen molar-refractivity contribution < 1.29 is 9.15 Å². The minimum absolute atomic E-state index is 0.0106. The number of nitrogens with two attached hydrogens (primary N) is 1. The van der Waals surface area contributed by atoms with Gasteiger partial charge in [0.15, 0.2) is 0 Å². The second kappa shape index (κ2) is 3.08. The van der Waals surface area contributed by atoms with Crippen LogP contribution in [0.2, 0.25) is 0 Å². The van der Waals surface area contributed by atoms with Crippen molar-refractivity contribution >= 4 is 6.01 Å². The molecular weight excluding hydrogens is 160 g/mol. The molecule has 66 valence electrons. The highest BCUT2D eigenvalue weighted by Crippen LogP contribution is 2.14. The van der Waals surface area contributed by atoms with Gasteiger partial charge >= 0.3 is 6.01 Å². The average molecular weight is 170 g/mol. The first-order chi connectivity index (χ1) is 5.86. The Kier molecular flexibility index (Phi) is 1.92. The van der Waals surface area contributed by atoms with Gasteiger partial charge in [0.25, 0.3) is 0 Å². The minimum Gasteiger partial charge on any atom is -0.406 e. The number of hydrogen-bond acceptors (Lipinski definition) is 6. The van der Waals surface area contributed by atoms with Crippen LogP contribution in [0.4, 0.5) is 6.01 Å². The van der Waals surface area contributed by atoms with Crippen LogP contribution in [-0.2, 0) is 4.74 Å². The Morgan fingerprint density at radius 1 is 1.50 bits per heavy atom. The van der Waals surface area contributed by atoms with Crippen molar-refractivity contribution in [3.8, 4) is 0 Å². The average Bonchev–Trinajstić information content (AvgIpc) is 2.54. The van der Waals surface area contributed by atoms with Gasteiger partial charge in [0, 0.05) is 6.54 Å². The Morgan fingerprint density at radius 2 is 2.42 bits per heavy atom. The second-order valence-corrected chi connectivity index (χ2v) is 2.56. The summed E-state index contributed by atoms with van der Waals surface area (Å²) in [7, 11) is 0. The van der Waals surface area contributed by atoms with Gasteiger partial charge < -0.3 is 20.2 Å². The summed E-state index contributed by atoms with van der Waals surface area (Å²) in [6.45, 7) is 2.08. The number of ether oxygens (including phenoxy) is 1. The lowest BCUT2D eigenvalue weighted by molar-refractivity contribution is 0.0683. The van der Waals surface area contributed by atoms with E-state index in [2.05, 4.69) is 15.5 Å². The highest BCUT2D eigenvalue weighted by Gasteiger charge is 2.20. The molecule has 3 N–H and O–H groups in total. The number of anilines is 1. The Balaban J connectivity index is 2.08. The Morgan fingerprint density at radius 3 is 3.00 bits per heavy atom. The van der Waals surface area contributed by atoms with E-state index in [1.165, 1.54) is 0 Å². The monoisotopic (exact) mass is 170 g/mol. The zero-order valence-electron chi connectivity index (χ0n) is 6.49. The van der Waals surface area contributed by atoms with E-state index >= 15 is 0 Å². The summed E-state index contributed by atoms with van der Waals surface area (Å²) in [6.07, 6.45) is 0. The SMILES string of the molecule is Nc1nnc(C2COCCN2)o1. The van der Waals surface area contributed by atoms with Crippen LogP contribution >= 0.6 is 0 Å². The van der Waals surface area contributed by atoms with E-state index in [9.17, 15) is 0 Å². The Hall–Kier alpha value is -1.14. The van der Waals surface area contributed by atoms with Crippen molar-refractivity contribution in [1.82, 2.24) is 15.5 Å². The lowest BCUT2D eigenvalue weighted by atomic mass is 10.3. The largest absolute Gasteiger partial charge is 0.406 e. The van der Waals surface area contributed by atoms with Gasteiger partial charge in [-0.3, -0.25) is 0 Å². The maximum atomic E-state index is 5.28. The summed E-state index contributed by atoms with van der Waals surface area (Å²) in [5.41, 5.74) is 5.28. The van der Waals surface area contributed by atoms with Crippen molar-refractivity contribution in [1.29, 1.82) is 0 Å². The van der Waals surface area contributed by atoms with E-state index in [1.807, 2.05) is 0 Å². The third kappa shape index (κ3) is 1.39. The zero-order chi connectivity index (χ0) is 8.39. The first-order valence-corrected chi connectivity index (χ1v) is 3.76. The third-order valence-corrected chi connectivity index (χ3v) is 1.68.